The average molecular weight is 364 g/mol. The highest BCUT2D eigenvalue weighted by atomic mass is 79.9. The van der Waals surface area contributed by atoms with E-state index in [9.17, 15) is 4.79 Å². The average Bonchev–Trinajstić information content (AvgIpc) is 2.15. The molecule has 1 rings (SSSR count). The van der Waals surface area contributed by atoms with Crippen molar-refractivity contribution in [2.75, 3.05) is 0 Å². The first-order chi connectivity index (χ1) is 7.74. The fourth-order valence-corrected chi connectivity index (χ4v) is 2.93. The van der Waals surface area contributed by atoms with E-state index in [1.807, 2.05) is 25.1 Å². The van der Waals surface area contributed by atoms with Crippen molar-refractivity contribution in [3.8, 4) is 0 Å². The maximum absolute atomic E-state index is 11.3. The molecule has 0 aromatic heterocycles. The highest BCUT2D eigenvalue weighted by molar-refractivity contribution is 9.11. The molecule has 1 aromatic carbocycles. The summed E-state index contributed by atoms with van der Waals surface area (Å²) >= 11 is 6.91. The second-order valence-corrected chi connectivity index (χ2v) is 6.29. The minimum Gasteiger partial charge on any atom is -0.368 e. The van der Waals surface area contributed by atoms with Gasteiger partial charge in [-0.15, -0.1) is 0 Å². The van der Waals surface area contributed by atoms with Crippen LogP contribution in [0.4, 0.5) is 0 Å². The molecule has 0 saturated heterocycles. The molecule has 0 fully saturated rings. The summed E-state index contributed by atoms with van der Waals surface area (Å²) in [5.41, 5.74) is 5.69. The first-order valence-corrected chi connectivity index (χ1v) is 6.85. The molecule has 5 heteroatoms. The summed E-state index contributed by atoms with van der Waals surface area (Å²) in [5, 5.41) is 3.21. The molecule has 17 heavy (non-hydrogen) atoms. The number of rotatable bonds is 4. The van der Waals surface area contributed by atoms with Crippen molar-refractivity contribution in [2.45, 2.75) is 32.4 Å². The summed E-state index contributed by atoms with van der Waals surface area (Å²) in [7, 11) is 0. The SMILES string of the molecule is CC(NC(C)(C)C(N)=O)c1ccc(Br)cc1Br. The molecule has 0 heterocycles. The van der Waals surface area contributed by atoms with Gasteiger partial charge < -0.3 is 5.73 Å². The van der Waals surface area contributed by atoms with Gasteiger partial charge in [-0.1, -0.05) is 37.9 Å². The van der Waals surface area contributed by atoms with E-state index >= 15 is 0 Å². The minimum atomic E-state index is -0.730. The molecule has 1 atom stereocenters. The predicted molar refractivity (Wildman–Crippen MR) is 76.7 cm³/mol. The lowest BCUT2D eigenvalue weighted by molar-refractivity contribution is -0.123. The lowest BCUT2D eigenvalue weighted by atomic mass is 10.0. The van der Waals surface area contributed by atoms with E-state index in [4.69, 9.17) is 5.73 Å². The van der Waals surface area contributed by atoms with E-state index in [0.29, 0.717) is 0 Å². The first-order valence-electron chi connectivity index (χ1n) is 5.26. The van der Waals surface area contributed by atoms with Crippen LogP contribution in [0.2, 0.25) is 0 Å². The Hall–Kier alpha value is -0.390. The third-order valence-electron chi connectivity index (χ3n) is 2.62. The molecule has 0 bridgehead atoms. The van der Waals surface area contributed by atoms with Crippen LogP contribution < -0.4 is 11.1 Å². The number of nitrogens with two attached hydrogens (primary N) is 1. The van der Waals surface area contributed by atoms with Gasteiger partial charge in [0.15, 0.2) is 0 Å². The number of hydrogen-bond acceptors (Lipinski definition) is 2. The molecule has 1 amide bonds. The Bertz CT molecular complexity index is 433. The zero-order chi connectivity index (χ0) is 13.2. The van der Waals surface area contributed by atoms with Gasteiger partial charge in [0, 0.05) is 15.0 Å². The maximum Gasteiger partial charge on any atom is 0.237 e. The van der Waals surface area contributed by atoms with Crippen molar-refractivity contribution < 1.29 is 4.79 Å². The Morgan fingerprint density at radius 3 is 2.47 bits per heavy atom. The summed E-state index contributed by atoms with van der Waals surface area (Å²) in [4.78, 5) is 11.3. The molecule has 1 aromatic rings. The van der Waals surface area contributed by atoms with Crippen LogP contribution in [0.3, 0.4) is 0 Å². The van der Waals surface area contributed by atoms with Crippen molar-refractivity contribution in [3.63, 3.8) is 0 Å². The smallest absolute Gasteiger partial charge is 0.237 e. The molecule has 0 aliphatic carbocycles. The molecule has 3 N–H and O–H groups in total. The first kappa shape index (κ1) is 14.7. The van der Waals surface area contributed by atoms with Gasteiger partial charge in [-0.2, -0.15) is 0 Å². The predicted octanol–water partition coefficient (Wildman–Crippen LogP) is 3.13. The fraction of sp³-hybridized carbons (Fsp3) is 0.417. The van der Waals surface area contributed by atoms with Crippen LogP contribution in [-0.4, -0.2) is 11.4 Å². The Kier molecular flexibility index (Phi) is 4.75. The number of primary amides is 1. The van der Waals surface area contributed by atoms with Crippen LogP contribution in [-0.2, 0) is 4.79 Å². The maximum atomic E-state index is 11.3. The summed E-state index contributed by atoms with van der Waals surface area (Å²) in [6.07, 6.45) is 0. The van der Waals surface area contributed by atoms with Crippen molar-refractivity contribution >= 4 is 37.8 Å². The molecule has 94 valence electrons. The van der Waals surface area contributed by atoms with Crippen molar-refractivity contribution in [1.82, 2.24) is 5.32 Å². The highest BCUT2D eigenvalue weighted by Gasteiger charge is 2.27. The normalized spacial score (nSPS) is 13.5. The lowest BCUT2D eigenvalue weighted by Gasteiger charge is -2.27. The van der Waals surface area contributed by atoms with E-state index in [0.717, 1.165) is 14.5 Å². The van der Waals surface area contributed by atoms with Crippen molar-refractivity contribution in [1.29, 1.82) is 0 Å². The van der Waals surface area contributed by atoms with Gasteiger partial charge in [0.25, 0.3) is 0 Å². The van der Waals surface area contributed by atoms with E-state index < -0.39 is 5.54 Å². The Morgan fingerprint density at radius 1 is 1.41 bits per heavy atom. The molecule has 1 unspecified atom stereocenters. The third kappa shape index (κ3) is 3.79. The topological polar surface area (TPSA) is 55.1 Å². The van der Waals surface area contributed by atoms with Crippen LogP contribution in [0.15, 0.2) is 27.1 Å². The summed E-state index contributed by atoms with van der Waals surface area (Å²) in [5.74, 6) is -0.363. The highest BCUT2D eigenvalue weighted by Crippen LogP contribution is 2.27. The van der Waals surface area contributed by atoms with Crippen LogP contribution in [0.25, 0.3) is 0 Å². The van der Waals surface area contributed by atoms with E-state index in [1.165, 1.54) is 0 Å². The molecular formula is C12H16Br2N2O. The molecule has 0 radical (unpaired) electrons. The van der Waals surface area contributed by atoms with E-state index in [-0.39, 0.29) is 11.9 Å². The molecule has 0 aliphatic rings. The van der Waals surface area contributed by atoms with E-state index in [1.54, 1.807) is 13.8 Å². The Labute approximate surface area is 118 Å². The van der Waals surface area contributed by atoms with Gasteiger partial charge in [0.1, 0.15) is 0 Å². The molecular weight excluding hydrogens is 348 g/mol. The van der Waals surface area contributed by atoms with Crippen molar-refractivity contribution in [3.05, 3.63) is 32.7 Å². The van der Waals surface area contributed by atoms with E-state index in [2.05, 4.69) is 37.2 Å². The Morgan fingerprint density at radius 2 is 2.00 bits per heavy atom. The van der Waals surface area contributed by atoms with Gasteiger partial charge in [-0.25, -0.2) is 0 Å². The van der Waals surface area contributed by atoms with Crippen LogP contribution in [0.5, 0.6) is 0 Å². The number of halogens is 2. The summed E-state index contributed by atoms with van der Waals surface area (Å²) in [6.45, 7) is 5.55. The number of carbonyl (C=O) groups is 1. The van der Waals surface area contributed by atoms with Crippen LogP contribution >= 0.6 is 31.9 Å². The number of amides is 1. The fourth-order valence-electron chi connectivity index (χ4n) is 1.54. The second kappa shape index (κ2) is 5.50. The summed E-state index contributed by atoms with van der Waals surface area (Å²) in [6, 6.07) is 5.98. The molecule has 0 saturated carbocycles. The van der Waals surface area contributed by atoms with Gasteiger partial charge in [0.05, 0.1) is 5.54 Å². The summed E-state index contributed by atoms with van der Waals surface area (Å²) < 4.78 is 2.00. The zero-order valence-corrected chi connectivity index (χ0v) is 13.2. The van der Waals surface area contributed by atoms with Gasteiger partial charge in [0.2, 0.25) is 5.91 Å². The molecule has 0 spiro atoms. The largest absolute Gasteiger partial charge is 0.368 e. The van der Waals surface area contributed by atoms with Gasteiger partial charge >= 0.3 is 0 Å². The number of benzene rings is 1. The standard InChI is InChI=1S/C12H16Br2N2O/c1-7(16-12(2,3)11(15)17)9-5-4-8(13)6-10(9)14/h4-7,16H,1-3H3,(H2,15,17). The quantitative estimate of drug-likeness (QED) is 0.863. The van der Waals surface area contributed by atoms with Gasteiger partial charge in [-0.05, 0) is 38.5 Å². The van der Waals surface area contributed by atoms with Crippen LogP contribution in [0.1, 0.15) is 32.4 Å². The Balaban J connectivity index is 2.90. The monoisotopic (exact) mass is 362 g/mol. The third-order valence-corrected chi connectivity index (χ3v) is 3.80. The minimum absolute atomic E-state index is 0.0278. The number of hydrogen-bond donors (Lipinski definition) is 2. The number of nitrogens with one attached hydrogen (secondary N) is 1. The molecule has 0 aliphatic heterocycles. The number of carbonyl (C=O) groups excluding carboxylic acids is 1. The van der Waals surface area contributed by atoms with Gasteiger partial charge in [-0.3, -0.25) is 10.1 Å². The molecule has 3 nitrogen and oxygen atoms in total. The van der Waals surface area contributed by atoms with Crippen molar-refractivity contribution in [2.24, 2.45) is 5.73 Å². The lowest BCUT2D eigenvalue weighted by Crippen LogP contribution is -2.51. The second-order valence-electron chi connectivity index (χ2n) is 4.52. The van der Waals surface area contributed by atoms with Crippen LogP contribution in [0, 0.1) is 0 Å². The zero-order valence-electron chi connectivity index (χ0n) is 10.1.